The van der Waals surface area contributed by atoms with Crippen LogP contribution in [0.3, 0.4) is 0 Å². The van der Waals surface area contributed by atoms with Crippen molar-refractivity contribution in [1.29, 1.82) is 0 Å². The number of amidine groups is 1. The third kappa shape index (κ3) is 4.05. The van der Waals surface area contributed by atoms with Crippen LogP contribution in [0.25, 0.3) is 0 Å². The number of rotatable bonds is 8. The topological polar surface area (TPSA) is 140 Å². The second-order valence-electron chi connectivity index (χ2n) is 8.72. The fraction of sp³-hybridized carbons (Fsp3) is 0.500. The maximum Gasteiger partial charge on any atom is 0.352 e. The van der Waals surface area contributed by atoms with E-state index in [0.29, 0.717) is 18.5 Å². The Morgan fingerprint density at radius 2 is 2.03 bits per heavy atom. The smallest absolute Gasteiger partial charge is 0.352 e. The second-order valence-corrected chi connectivity index (χ2v) is 10.5. The Balaban J connectivity index is 1.57. The molecule has 2 saturated heterocycles. The summed E-state index contributed by atoms with van der Waals surface area (Å²) in [5.41, 5.74) is -1.41. The normalized spacial score (nSPS) is 25.9. The maximum absolute atomic E-state index is 13.5. The van der Waals surface area contributed by atoms with Crippen LogP contribution in [0.1, 0.15) is 44.7 Å². The van der Waals surface area contributed by atoms with Gasteiger partial charge in [-0.2, -0.15) is 0 Å². The van der Waals surface area contributed by atoms with Crippen LogP contribution in [-0.4, -0.2) is 68.4 Å². The van der Waals surface area contributed by atoms with Crippen LogP contribution in [0.15, 0.2) is 35.3 Å². The summed E-state index contributed by atoms with van der Waals surface area (Å²) in [7, 11) is 0. The van der Waals surface area contributed by atoms with Crippen LogP contribution in [0, 0.1) is 0 Å². The van der Waals surface area contributed by atoms with E-state index in [1.807, 2.05) is 0 Å². The fourth-order valence-electron chi connectivity index (χ4n) is 4.50. The lowest BCUT2D eigenvalue weighted by atomic mass is 9.89. The number of carbonyl (C=O) groups excluding carboxylic acids is 3. The second kappa shape index (κ2) is 8.69. The van der Waals surface area contributed by atoms with Gasteiger partial charge in [0.15, 0.2) is 0 Å². The van der Waals surface area contributed by atoms with Gasteiger partial charge in [0.1, 0.15) is 6.04 Å². The number of β-lactam (4-membered cyclic amide) rings is 1. The van der Waals surface area contributed by atoms with E-state index < -0.39 is 28.3 Å². The molecule has 1 aromatic rings. The summed E-state index contributed by atoms with van der Waals surface area (Å²) in [6.45, 7) is 4.81. The molecule has 3 heterocycles. The van der Waals surface area contributed by atoms with E-state index in [0.717, 1.165) is 12.4 Å². The average Bonchev–Trinajstić information content (AvgIpc) is 3.34. The molecule has 2 fully saturated rings. The van der Waals surface area contributed by atoms with Gasteiger partial charge in [-0.1, -0.05) is 30.3 Å². The minimum absolute atomic E-state index is 0.126. The van der Waals surface area contributed by atoms with Crippen molar-refractivity contribution in [3.05, 3.63) is 35.9 Å². The first-order valence-electron chi connectivity index (χ1n) is 10.8. The average molecular weight is 474 g/mol. The molecule has 0 aliphatic carbocycles. The van der Waals surface area contributed by atoms with Gasteiger partial charge < -0.3 is 21.1 Å². The van der Waals surface area contributed by atoms with Crippen LogP contribution < -0.4 is 16.0 Å². The number of thioether (sulfide) groups is 1. The molecule has 10 nitrogen and oxygen atoms in total. The third-order valence-electron chi connectivity index (χ3n) is 6.22. The minimum atomic E-state index is -1.92. The standard InChI is InChI=1S/C22H27N5O5S/c1-21(2)22(20(31)32,27-16(29)12-17(27)33-21)26-19(30)18(13-6-4-3-5-7-13)25-15(28)9-8-14-23-10-11-24-14/h3-7,17-18H,8-12H2,1-2H3,(H,23,24)(H,25,28)(H,26,30)(H,31,32)/t17-,18?,22+/m1/s1. The first-order valence-corrected chi connectivity index (χ1v) is 11.7. The quantitative estimate of drug-likeness (QED) is 0.406. The van der Waals surface area contributed by atoms with Crippen LogP contribution >= 0.6 is 11.8 Å². The van der Waals surface area contributed by atoms with Crippen LogP contribution in [-0.2, 0) is 19.2 Å². The summed E-state index contributed by atoms with van der Waals surface area (Å²) < 4.78 is -0.983. The van der Waals surface area contributed by atoms with Gasteiger partial charge in [-0.15, -0.1) is 11.8 Å². The van der Waals surface area contributed by atoms with Gasteiger partial charge in [0.05, 0.1) is 28.9 Å². The lowest BCUT2D eigenvalue weighted by Crippen LogP contribution is -2.75. The fourth-order valence-corrected chi connectivity index (χ4v) is 6.19. The van der Waals surface area contributed by atoms with Gasteiger partial charge in [0.25, 0.3) is 0 Å². The highest BCUT2D eigenvalue weighted by Gasteiger charge is 2.70. The van der Waals surface area contributed by atoms with E-state index >= 15 is 0 Å². The Bertz CT molecular complexity index is 1010. The Hall–Kier alpha value is -3.08. The number of nitrogens with one attached hydrogen (secondary N) is 3. The van der Waals surface area contributed by atoms with E-state index in [9.17, 15) is 24.3 Å². The maximum atomic E-state index is 13.5. The van der Waals surface area contributed by atoms with Gasteiger partial charge in [-0.05, 0) is 19.4 Å². The molecule has 33 heavy (non-hydrogen) atoms. The van der Waals surface area contributed by atoms with Crippen molar-refractivity contribution in [3.63, 3.8) is 0 Å². The van der Waals surface area contributed by atoms with Crippen molar-refractivity contribution in [2.24, 2.45) is 4.99 Å². The molecule has 0 bridgehead atoms. The number of carboxylic acid groups (broad SMARTS) is 1. The molecule has 0 spiro atoms. The number of aliphatic carboxylic acids is 1. The first-order chi connectivity index (χ1) is 15.7. The molecular weight excluding hydrogens is 446 g/mol. The molecule has 3 aliphatic heterocycles. The summed E-state index contributed by atoms with van der Waals surface area (Å²) in [5, 5.41) is 18.4. The molecule has 1 aromatic carbocycles. The Morgan fingerprint density at radius 3 is 2.64 bits per heavy atom. The largest absolute Gasteiger partial charge is 0.478 e. The summed E-state index contributed by atoms with van der Waals surface area (Å²) in [6.07, 6.45) is 0.776. The van der Waals surface area contributed by atoms with E-state index in [1.165, 1.54) is 16.7 Å². The molecule has 1 unspecified atom stereocenters. The number of fused-ring (bicyclic) bond motifs is 1. The first kappa shape index (κ1) is 23.1. The van der Waals surface area contributed by atoms with Crippen LogP contribution in [0.2, 0.25) is 0 Å². The molecule has 0 saturated carbocycles. The summed E-state index contributed by atoms with van der Waals surface area (Å²) in [5.74, 6) is -1.94. The summed E-state index contributed by atoms with van der Waals surface area (Å²) in [6, 6.07) is 7.50. The van der Waals surface area contributed by atoms with Crippen LogP contribution in [0.4, 0.5) is 0 Å². The molecule has 0 radical (unpaired) electrons. The number of amides is 3. The zero-order valence-electron chi connectivity index (χ0n) is 18.5. The zero-order valence-corrected chi connectivity index (χ0v) is 19.3. The number of benzene rings is 1. The van der Waals surface area contributed by atoms with Gasteiger partial charge in [0, 0.05) is 19.4 Å². The van der Waals surface area contributed by atoms with Gasteiger partial charge in [0.2, 0.25) is 23.4 Å². The molecule has 0 aromatic heterocycles. The van der Waals surface area contributed by atoms with Crippen molar-refractivity contribution in [2.75, 3.05) is 13.1 Å². The highest BCUT2D eigenvalue weighted by atomic mass is 32.2. The van der Waals surface area contributed by atoms with Crippen molar-refractivity contribution in [2.45, 2.75) is 54.9 Å². The molecule has 3 amide bonds. The number of nitrogens with zero attached hydrogens (tertiary/aromatic N) is 2. The van der Waals surface area contributed by atoms with Crippen molar-refractivity contribution in [3.8, 4) is 0 Å². The van der Waals surface area contributed by atoms with Crippen molar-refractivity contribution < 1.29 is 24.3 Å². The number of hydrogen-bond acceptors (Lipinski definition) is 7. The van der Waals surface area contributed by atoms with Crippen LogP contribution in [0.5, 0.6) is 0 Å². The number of aliphatic imine (C=N–C) groups is 1. The summed E-state index contributed by atoms with van der Waals surface area (Å²) >= 11 is 1.34. The van der Waals surface area contributed by atoms with Gasteiger partial charge in [-0.25, -0.2) is 4.79 Å². The van der Waals surface area contributed by atoms with E-state index in [1.54, 1.807) is 44.2 Å². The van der Waals surface area contributed by atoms with E-state index in [4.69, 9.17) is 0 Å². The monoisotopic (exact) mass is 473 g/mol. The number of carboxylic acids is 1. The predicted octanol–water partition coefficient (Wildman–Crippen LogP) is 0.607. The van der Waals surface area contributed by atoms with E-state index in [-0.39, 0.29) is 30.0 Å². The molecule has 11 heteroatoms. The molecule has 3 atom stereocenters. The third-order valence-corrected chi connectivity index (χ3v) is 7.75. The number of carbonyl (C=O) groups is 4. The molecule has 176 valence electrons. The predicted molar refractivity (Wildman–Crippen MR) is 122 cm³/mol. The van der Waals surface area contributed by atoms with Crippen molar-refractivity contribution >= 4 is 41.3 Å². The Labute approximate surface area is 195 Å². The number of hydrogen-bond donors (Lipinski definition) is 4. The lowest BCUT2D eigenvalue weighted by Gasteiger charge is -2.46. The van der Waals surface area contributed by atoms with Crippen molar-refractivity contribution in [1.82, 2.24) is 20.9 Å². The summed E-state index contributed by atoms with van der Waals surface area (Å²) in [4.78, 5) is 56.5. The van der Waals surface area contributed by atoms with E-state index in [2.05, 4.69) is 20.9 Å². The highest BCUT2D eigenvalue weighted by molar-refractivity contribution is 8.01. The Kier molecular flexibility index (Phi) is 6.08. The molecule has 4 rings (SSSR count). The lowest BCUT2D eigenvalue weighted by molar-refractivity contribution is -0.173. The van der Waals surface area contributed by atoms with Gasteiger partial charge in [-0.3, -0.25) is 24.3 Å². The zero-order chi connectivity index (χ0) is 23.8. The molecule has 4 N–H and O–H groups in total. The Morgan fingerprint density at radius 1 is 1.30 bits per heavy atom. The molecular formula is C22H27N5O5S. The SMILES string of the molecule is CC1(C)S[C@@H]2CC(=O)N2[C@@]1(NC(=O)C(NC(=O)CCC1=NCCN1)c1ccccc1)C(=O)O. The van der Waals surface area contributed by atoms with Gasteiger partial charge >= 0.3 is 5.97 Å². The molecule has 3 aliphatic rings. The minimum Gasteiger partial charge on any atom is -0.478 e. The highest BCUT2D eigenvalue weighted by Crippen LogP contribution is 2.55.